The number of aromatic nitrogens is 1. The van der Waals surface area contributed by atoms with Crippen molar-refractivity contribution in [2.75, 3.05) is 13.1 Å². The van der Waals surface area contributed by atoms with E-state index in [1.807, 2.05) is 13.8 Å². The monoisotopic (exact) mass is 327 g/mol. The third-order valence-corrected chi connectivity index (χ3v) is 4.51. The number of carbonyl (C=O) groups excluding carboxylic acids is 1. The van der Waals surface area contributed by atoms with E-state index in [1.165, 1.54) is 0 Å². The molecule has 0 radical (unpaired) electrons. The molecule has 0 spiro atoms. The fourth-order valence-corrected chi connectivity index (χ4v) is 2.92. The van der Waals surface area contributed by atoms with Gasteiger partial charge in [0.1, 0.15) is 0 Å². The standard InChI is InChI=1S/C16H29N3O2S/c1-11(2)19(9-12(3)20)15(21)17-8-7-13-10-22-14(18-13)16(4,5)6/h10-12,20H,7-9H2,1-6H3,(H,17,21). The summed E-state index contributed by atoms with van der Waals surface area (Å²) in [5.74, 6) is 0. The zero-order valence-electron chi connectivity index (χ0n) is 14.5. The van der Waals surface area contributed by atoms with Crippen LogP contribution in [0, 0.1) is 0 Å². The summed E-state index contributed by atoms with van der Waals surface area (Å²) in [6.07, 6.45) is 0.194. The van der Waals surface area contributed by atoms with Gasteiger partial charge in [-0.25, -0.2) is 9.78 Å². The number of aliphatic hydroxyl groups excluding tert-OH is 1. The molecule has 0 saturated heterocycles. The van der Waals surface area contributed by atoms with Gasteiger partial charge >= 0.3 is 6.03 Å². The molecule has 6 heteroatoms. The highest BCUT2D eigenvalue weighted by atomic mass is 32.1. The average Bonchev–Trinajstić information content (AvgIpc) is 2.84. The van der Waals surface area contributed by atoms with Crippen molar-refractivity contribution in [1.29, 1.82) is 0 Å². The summed E-state index contributed by atoms with van der Waals surface area (Å²) in [6.45, 7) is 12.9. The minimum Gasteiger partial charge on any atom is -0.392 e. The summed E-state index contributed by atoms with van der Waals surface area (Å²) < 4.78 is 0. The molecule has 0 aliphatic carbocycles. The summed E-state index contributed by atoms with van der Waals surface area (Å²) in [7, 11) is 0. The molecule has 0 bridgehead atoms. The predicted octanol–water partition coefficient (Wildman–Crippen LogP) is 2.78. The van der Waals surface area contributed by atoms with Crippen molar-refractivity contribution >= 4 is 17.4 Å². The van der Waals surface area contributed by atoms with Gasteiger partial charge < -0.3 is 15.3 Å². The van der Waals surface area contributed by atoms with Crippen molar-refractivity contribution in [3.8, 4) is 0 Å². The Hall–Kier alpha value is -1.14. The van der Waals surface area contributed by atoms with Crippen molar-refractivity contribution in [3.63, 3.8) is 0 Å². The molecule has 0 fully saturated rings. The van der Waals surface area contributed by atoms with Crippen LogP contribution in [0.4, 0.5) is 4.79 Å². The molecule has 1 aromatic heterocycles. The highest BCUT2D eigenvalue weighted by molar-refractivity contribution is 7.09. The normalized spacial score (nSPS) is 13.3. The maximum Gasteiger partial charge on any atom is 0.317 e. The molecule has 2 N–H and O–H groups in total. The summed E-state index contributed by atoms with van der Waals surface area (Å²) in [4.78, 5) is 18.4. The maximum atomic E-state index is 12.2. The molecule has 5 nitrogen and oxygen atoms in total. The Balaban J connectivity index is 2.49. The highest BCUT2D eigenvalue weighted by Crippen LogP contribution is 2.25. The SMILES string of the molecule is CC(O)CN(C(=O)NCCc1csc(C(C)(C)C)n1)C(C)C. The summed E-state index contributed by atoms with van der Waals surface area (Å²) in [5.41, 5.74) is 1.08. The van der Waals surface area contributed by atoms with Gasteiger partial charge in [0.15, 0.2) is 0 Å². The number of amides is 2. The fraction of sp³-hybridized carbons (Fsp3) is 0.750. The number of hydrogen-bond acceptors (Lipinski definition) is 4. The van der Waals surface area contributed by atoms with Crippen LogP contribution in [0.15, 0.2) is 5.38 Å². The number of aliphatic hydroxyl groups is 1. The van der Waals surface area contributed by atoms with Gasteiger partial charge in [0, 0.05) is 36.3 Å². The Labute approximate surface area is 137 Å². The number of nitrogens with zero attached hydrogens (tertiary/aromatic N) is 2. The Bertz CT molecular complexity index is 478. The van der Waals surface area contributed by atoms with Crippen LogP contribution in [-0.4, -0.2) is 46.3 Å². The molecule has 0 aromatic carbocycles. The molecule has 0 saturated carbocycles. The lowest BCUT2D eigenvalue weighted by Crippen LogP contribution is -2.47. The van der Waals surface area contributed by atoms with Crippen LogP contribution < -0.4 is 5.32 Å². The highest BCUT2D eigenvalue weighted by Gasteiger charge is 2.19. The van der Waals surface area contributed by atoms with Crippen LogP contribution in [-0.2, 0) is 11.8 Å². The number of nitrogens with one attached hydrogen (secondary N) is 1. The van der Waals surface area contributed by atoms with Gasteiger partial charge in [0.25, 0.3) is 0 Å². The van der Waals surface area contributed by atoms with Gasteiger partial charge in [-0.15, -0.1) is 11.3 Å². The minimum atomic E-state index is -0.527. The van der Waals surface area contributed by atoms with E-state index < -0.39 is 6.10 Å². The fourth-order valence-electron chi connectivity index (χ4n) is 1.98. The topological polar surface area (TPSA) is 65.5 Å². The van der Waals surface area contributed by atoms with E-state index in [1.54, 1.807) is 23.2 Å². The molecule has 1 rings (SSSR count). The van der Waals surface area contributed by atoms with Crippen molar-refractivity contribution in [3.05, 3.63) is 16.1 Å². The summed E-state index contributed by atoms with van der Waals surface area (Å²) in [5, 5.41) is 15.6. The third kappa shape index (κ3) is 5.93. The first-order valence-electron chi connectivity index (χ1n) is 7.78. The molecule has 0 aliphatic heterocycles. The first kappa shape index (κ1) is 18.9. The predicted molar refractivity (Wildman–Crippen MR) is 91.4 cm³/mol. The van der Waals surface area contributed by atoms with E-state index in [2.05, 4.69) is 36.5 Å². The Morgan fingerprint density at radius 3 is 2.50 bits per heavy atom. The van der Waals surface area contributed by atoms with Crippen LogP contribution in [0.5, 0.6) is 0 Å². The van der Waals surface area contributed by atoms with Crippen molar-refractivity contribution < 1.29 is 9.90 Å². The van der Waals surface area contributed by atoms with E-state index in [4.69, 9.17) is 0 Å². The molecular weight excluding hydrogens is 298 g/mol. The summed E-state index contributed by atoms with van der Waals surface area (Å²) in [6, 6.07) is -0.0801. The molecule has 1 heterocycles. The molecular formula is C16H29N3O2S. The van der Waals surface area contributed by atoms with Gasteiger partial charge in [0.2, 0.25) is 0 Å². The molecule has 2 amide bonds. The number of thiazole rings is 1. The molecule has 126 valence electrons. The lowest BCUT2D eigenvalue weighted by Gasteiger charge is -2.28. The third-order valence-electron chi connectivity index (χ3n) is 3.20. The van der Waals surface area contributed by atoms with E-state index in [0.717, 1.165) is 17.1 Å². The molecule has 1 unspecified atom stereocenters. The zero-order chi connectivity index (χ0) is 16.9. The maximum absolute atomic E-state index is 12.2. The molecule has 0 aliphatic rings. The van der Waals surface area contributed by atoms with Gasteiger partial charge in [0.05, 0.1) is 16.8 Å². The van der Waals surface area contributed by atoms with E-state index >= 15 is 0 Å². The lowest BCUT2D eigenvalue weighted by molar-refractivity contribution is 0.119. The second-order valence-electron chi connectivity index (χ2n) is 6.97. The molecule has 1 atom stereocenters. The van der Waals surface area contributed by atoms with Crippen LogP contribution in [0.1, 0.15) is 52.2 Å². The second-order valence-corrected chi connectivity index (χ2v) is 7.83. The van der Waals surface area contributed by atoms with E-state index in [9.17, 15) is 9.90 Å². The number of hydrogen-bond donors (Lipinski definition) is 2. The van der Waals surface area contributed by atoms with Crippen LogP contribution >= 0.6 is 11.3 Å². The second kappa shape index (κ2) is 7.92. The number of rotatable bonds is 6. The molecule has 22 heavy (non-hydrogen) atoms. The zero-order valence-corrected chi connectivity index (χ0v) is 15.3. The van der Waals surface area contributed by atoms with E-state index in [0.29, 0.717) is 13.1 Å². The van der Waals surface area contributed by atoms with Gasteiger partial charge in [-0.3, -0.25) is 0 Å². The van der Waals surface area contributed by atoms with Crippen LogP contribution in [0.25, 0.3) is 0 Å². The van der Waals surface area contributed by atoms with Gasteiger partial charge in [-0.05, 0) is 20.8 Å². The van der Waals surface area contributed by atoms with Crippen molar-refractivity contribution in [2.24, 2.45) is 0 Å². The number of carbonyl (C=O) groups is 1. The Kier molecular flexibility index (Phi) is 6.81. The minimum absolute atomic E-state index is 0.0568. The van der Waals surface area contributed by atoms with E-state index in [-0.39, 0.29) is 17.5 Å². The first-order chi connectivity index (χ1) is 10.1. The first-order valence-corrected chi connectivity index (χ1v) is 8.66. The number of urea groups is 1. The van der Waals surface area contributed by atoms with Crippen LogP contribution in [0.3, 0.4) is 0 Å². The summed E-state index contributed by atoms with van der Waals surface area (Å²) >= 11 is 1.67. The Morgan fingerprint density at radius 2 is 2.05 bits per heavy atom. The average molecular weight is 327 g/mol. The van der Waals surface area contributed by atoms with Crippen LogP contribution in [0.2, 0.25) is 0 Å². The molecule has 1 aromatic rings. The van der Waals surface area contributed by atoms with Gasteiger partial charge in [-0.2, -0.15) is 0 Å². The van der Waals surface area contributed by atoms with Crippen molar-refractivity contribution in [1.82, 2.24) is 15.2 Å². The lowest BCUT2D eigenvalue weighted by atomic mass is 9.98. The Morgan fingerprint density at radius 1 is 1.41 bits per heavy atom. The van der Waals surface area contributed by atoms with Crippen molar-refractivity contribution in [2.45, 2.75) is 65.5 Å². The quantitative estimate of drug-likeness (QED) is 0.844. The largest absolute Gasteiger partial charge is 0.392 e. The smallest absolute Gasteiger partial charge is 0.317 e. The van der Waals surface area contributed by atoms with Gasteiger partial charge in [-0.1, -0.05) is 20.8 Å².